The van der Waals surface area contributed by atoms with E-state index in [0.29, 0.717) is 43.6 Å². The van der Waals surface area contributed by atoms with Crippen molar-refractivity contribution >= 4 is 40.3 Å². The Bertz CT molecular complexity index is 1200. The summed E-state index contributed by atoms with van der Waals surface area (Å²) < 4.78 is 46.2. The Balaban J connectivity index is 1.39. The van der Waals surface area contributed by atoms with Crippen LogP contribution in [0.25, 0.3) is 0 Å². The summed E-state index contributed by atoms with van der Waals surface area (Å²) in [5.74, 6) is 1.03. The summed E-state index contributed by atoms with van der Waals surface area (Å²) in [7, 11) is 0. The molecule has 0 spiro atoms. The fourth-order valence-corrected chi connectivity index (χ4v) is 4.52. The molecule has 1 saturated heterocycles. The van der Waals surface area contributed by atoms with Crippen LogP contribution in [-0.4, -0.2) is 49.6 Å². The van der Waals surface area contributed by atoms with Crippen molar-refractivity contribution in [1.82, 2.24) is 10.2 Å². The molecule has 0 amide bonds. The number of hydrogen-bond acceptors (Lipinski definition) is 7. The fourth-order valence-electron chi connectivity index (χ4n) is 4.33. The second kappa shape index (κ2) is 9.79. The van der Waals surface area contributed by atoms with E-state index in [2.05, 4.69) is 25.7 Å². The lowest BCUT2D eigenvalue weighted by molar-refractivity contribution is -0.138. The van der Waals surface area contributed by atoms with Gasteiger partial charge in [-0.1, -0.05) is 17.7 Å². The van der Waals surface area contributed by atoms with Gasteiger partial charge in [0, 0.05) is 55.2 Å². The average molecular weight is 505 g/mol. The highest BCUT2D eigenvalue weighted by molar-refractivity contribution is 6.30. The van der Waals surface area contributed by atoms with E-state index in [1.54, 1.807) is 6.07 Å². The van der Waals surface area contributed by atoms with Gasteiger partial charge in [-0.25, -0.2) is 0 Å². The average Bonchev–Trinajstić information content (AvgIpc) is 2.84. The van der Waals surface area contributed by atoms with Crippen LogP contribution in [0.4, 0.5) is 41.9 Å². The Kier molecular flexibility index (Phi) is 6.57. The molecular formula is C24H24ClF3N6O. The normalized spacial score (nSPS) is 16.0. The first kappa shape index (κ1) is 23.5. The standard InChI is InChI=1S/C24H24ClF3N6O/c25-17-4-5-20(24(26,27)28)16(12-17)15-34-7-6-29-23-21(34)14-22(31-32-23)30-18-2-1-3-19(13-18)33-8-10-35-11-9-33/h1-5,12-14H,6-11,15H2,(H,29,32)(H,30,31). The third-order valence-corrected chi connectivity index (χ3v) is 6.25. The smallest absolute Gasteiger partial charge is 0.378 e. The molecule has 7 nitrogen and oxygen atoms in total. The zero-order valence-electron chi connectivity index (χ0n) is 18.8. The van der Waals surface area contributed by atoms with Crippen molar-refractivity contribution in [1.29, 1.82) is 0 Å². The fraction of sp³-hybridized carbons (Fsp3) is 0.333. The largest absolute Gasteiger partial charge is 0.416 e. The maximum absolute atomic E-state index is 13.6. The second-order valence-corrected chi connectivity index (χ2v) is 8.82. The van der Waals surface area contributed by atoms with Gasteiger partial charge in [-0.2, -0.15) is 13.2 Å². The highest BCUT2D eigenvalue weighted by Crippen LogP contribution is 2.36. The van der Waals surface area contributed by atoms with Crippen molar-refractivity contribution in [2.24, 2.45) is 0 Å². The van der Waals surface area contributed by atoms with E-state index in [9.17, 15) is 13.2 Å². The number of ether oxygens (including phenoxy) is 1. The number of alkyl halides is 3. The molecule has 0 aliphatic carbocycles. The van der Waals surface area contributed by atoms with Gasteiger partial charge in [-0.3, -0.25) is 0 Å². The molecule has 1 fully saturated rings. The van der Waals surface area contributed by atoms with Crippen LogP contribution in [0.2, 0.25) is 5.02 Å². The number of nitrogens with zero attached hydrogens (tertiary/aromatic N) is 4. The zero-order valence-corrected chi connectivity index (χ0v) is 19.5. The molecule has 3 aromatic rings. The number of halogens is 4. The molecule has 3 heterocycles. The van der Waals surface area contributed by atoms with E-state index in [0.717, 1.165) is 30.5 Å². The minimum atomic E-state index is -4.47. The van der Waals surface area contributed by atoms with Gasteiger partial charge in [-0.05, 0) is 42.0 Å². The predicted molar refractivity (Wildman–Crippen MR) is 131 cm³/mol. The minimum absolute atomic E-state index is 0.0434. The van der Waals surface area contributed by atoms with E-state index < -0.39 is 11.7 Å². The van der Waals surface area contributed by atoms with E-state index >= 15 is 0 Å². The first-order valence-electron chi connectivity index (χ1n) is 11.3. The molecule has 1 aromatic heterocycles. The molecule has 0 bridgehead atoms. The van der Waals surface area contributed by atoms with Crippen molar-refractivity contribution in [3.8, 4) is 0 Å². The maximum Gasteiger partial charge on any atom is 0.416 e. The number of hydrogen-bond donors (Lipinski definition) is 2. The lowest BCUT2D eigenvalue weighted by Gasteiger charge is -2.32. The quantitative estimate of drug-likeness (QED) is 0.497. The third-order valence-electron chi connectivity index (χ3n) is 6.02. The zero-order chi connectivity index (χ0) is 24.4. The SMILES string of the molecule is FC(F)(F)c1ccc(Cl)cc1CN1CCNc2nnc(Nc3cccc(N4CCOCC4)c3)cc21. The molecular weight excluding hydrogens is 481 g/mol. The summed E-state index contributed by atoms with van der Waals surface area (Å²) in [6.07, 6.45) is -4.47. The molecule has 0 radical (unpaired) electrons. The number of morpholine rings is 1. The monoisotopic (exact) mass is 504 g/mol. The van der Waals surface area contributed by atoms with Crippen molar-refractivity contribution in [2.75, 3.05) is 59.8 Å². The Labute approximate surface area is 205 Å². The molecule has 184 valence electrons. The number of nitrogens with one attached hydrogen (secondary N) is 2. The van der Waals surface area contributed by atoms with E-state index in [-0.39, 0.29) is 17.1 Å². The number of aromatic nitrogens is 2. The molecule has 2 N–H and O–H groups in total. The summed E-state index contributed by atoms with van der Waals surface area (Å²) in [6, 6.07) is 13.4. The number of benzene rings is 2. The van der Waals surface area contributed by atoms with Crippen LogP contribution in [0.5, 0.6) is 0 Å². The first-order chi connectivity index (χ1) is 16.9. The van der Waals surface area contributed by atoms with Crippen LogP contribution in [0.1, 0.15) is 11.1 Å². The molecule has 0 atom stereocenters. The third kappa shape index (κ3) is 5.38. The van der Waals surface area contributed by atoms with Gasteiger partial charge >= 0.3 is 6.18 Å². The van der Waals surface area contributed by atoms with Crippen LogP contribution in [0, 0.1) is 0 Å². The lowest BCUT2D eigenvalue weighted by Crippen LogP contribution is -2.36. The molecule has 0 saturated carbocycles. The number of anilines is 5. The Hall–Kier alpha value is -3.24. The number of rotatable bonds is 5. The van der Waals surface area contributed by atoms with Crippen LogP contribution >= 0.6 is 11.6 Å². The molecule has 35 heavy (non-hydrogen) atoms. The number of fused-ring (bicyclic) bond motifs is 1. The molecule has 2 aliphatic heterocycles. The van der Waals surface area contributed by atoms with Gasteiger partial charge in [0.15, 0.2) is 11.6 Å². The predicted octanol–water partition coefficient (Wildman–Crippen LogP) is 5.16. The summed E-state index contributed by atoms with van der Waals surface area (Å²) in [6.45, 7) is 4.13. The first-order valence-corrected chi connectivity index (χ1v) is 11.7. The Morgan fingerprint density at radius 3 is 2.66 bits per heavy atom. The molecule has 2 aromatic carbocycles. The highest BCUT2D eigenvalue weighted by Gasteiger charge is 2.34. The summed E-state index contributed by atoms with van der Waals surface area (Å²) in [4.78, 5) is 4.11. The lowest BCUT2D eigenvalue weighted by atomic mass is 10.1. The topological polar surface area (TPSA) is 65.5 Å². The highest BCUT2D eigenvalue weighted by atomic mass is 35.5. The van der Waals surface area contributed by atoms with Gasteiger partial charge in [0.1, 0.15) is 0 Å². The van der Waals surface area contributed by atoms with Crippen LogP contribution in [-0.2, 0) is 17.5 Å². The summed E-state index contributed by atoms with van der Waals surface area (Å²) >= 11 is 6.03. The van der Waals surface area contributed by atoms with Crippen LogP contribution < -0.4 is 20.4 Å². The Morgan fingerprint density at radius 2 is 1.86 bits per heavy atom. The second-order valence-electron chi connectivity index (χ2n) is 8.39. The maximum atomic E-state index is 13.6. The van der Waals surface area contributed by atoms with Crippen LogP contribution in [0.15, 0.2) is 48.5 Å². The molecule has 0 unspecified atom stereocenters. The molecule has 5 rings (SSSR count). The Morgan fingerprint density at radius 1 is 1.03 bits per heavy atom. The van der Waals surface area contributed by atoms with E-state index in [1.165, 1.54) is 12.1 Å². The van der Waals surface area contributed by atoms with Crippen molar-refractivity contribution in [2.45, 2.75) is 12.7 Å². The molecule has 11 heteroatoms. The van der Waals surface area contributed by atoms with Crippen molar-refractivity contribution in [3.63, 3.8) is 0 Å². The summed E-state index contributed by atoms with van der Waals surface area (Å²) in [5, 5.41) is 15.2. The minimum Gasteiger partial charge on any atom is -0.378 e. The van der Waals surface area contributed by atoms with E-state index in [1.807, 2.05) is 29.2 Å². The molecule has 2 aliphatic rings. The van der Waals surface area contributed by atoms with Gasteiger partial charge < -0.3 is 25.2 Å². The van der Waals surface area contributed by atoms with Crippen LogP contribution in [0.3, 0.4) is 0 Å². The van der Waals surface area contributed by atoms with E-state index in [4.69, 9.17) is 16.3 Å². The van der Waals surface area contributed by atoms with Gasteiger partial charge in [0.05, 0.1) is 24.5 Å². The van der Waals surface area contributed by atoms with Gasteiger partial charge in [-0.15, -0.1) is 10.2 Å². The van der Waals surface area contributed by atoms with Crippen molar-refractivity contribution in [3.05, 3.63) is 64.7 Å². The van der Waals surface area contributed by atoms with Gasteiger partial charge in [0.2, 0.25) is 0 Å². The van der Waals surface area contributed by atoms with Crippen molar-refractivity contribution < 1.29 is 17.9 Å². The summed E-state index contributed by atoms with van der Waals surface area (Å²) in [5.41, 5.74) is 2.01. The van der Waals surface area contributed by atoms with Gasteiger partial charge in [0.25, 0.3) is 0 Å².